The number of aliphatic hydroxyl groups is 1. The van der Waals surface area contributed by atoms with Gasteiger partial charge in [-0.15, -0.1) is 0 Å². The van der Waals surface area contributed by atoms with Gasteiger partial charge in [-0.3, -0.25) is 9.63 Å². The lowest BCUT2D eigenvalue weighted by Crippen LogP contribution is -2.63. The summed E-state index contributed by atoms with van der Waals surface area (Å²) in [6.07, 6.45) is 2.23. The minimum Gasteiger partial charge on any atom is -0.443 e. The number of amides is 2. The molecule has 152 valence electrons. The molecule has 0 aromatic heterocycles. The highest BCUT2D eigenvalue weighted by Gasteiger charge is 2.54. The number of hydroxylamine groups is 2. The Hall–Kier alpha value is -2.38. The van der Waals surface area contributed by atoms with Crippen molar-refractivity contribution in [3.8, 4) is 0 Å². The van der Waals surface area contributed by atoms with Crippen LogP contribution in [0.25, 0.3) is 0 Å². The summed E-state index contributed by atoms with van der Waals surface area (Å²) >= 11 is 0. The molecule has 1 aromatic rings. The van der Waals surface area contributed by atoms with Crippen LogP contribution in [0.2, 0.25) is 0 Å². The van der Waals surface area contributed by atoms with Crippen LogP contribution in [0.3, 0.4) is 0 Å². The van der Waals surface area contributed by atoms with Crippen LogP contribution < -0.4 is 5.32 Å². The first-order valence-electron chi connectivity index (χ1n) is 9.47. The van der Waals surface area contributed by atoms with Crippen molar-refractivity contribution in [2.24, 2.45) is 5.41 Å². The predicted molar refractivity (Wildman–Crippen MR) is 103 cm³/mol. The van der Waals surface area contributed by atoms with E-state index in [0.717, 1.165) is 17.6 Å². The third-order valence-corrected chi connectivity index (χ3v) is 5.29. The monoisotopic (exact) mass is 388 g/mol. The fourth-order valence-corrected chi connectivity index (χ4v) is 4.31. The Morgan fingerprint density at radius 3 is 2.54 bits per heavy atom. The summed E-state index contributed by atoms with van der Waals surface area (Å²) in [5.74, 6) is -0.256. The average molecular weight is 388 g/mol. The van der Waals surface area contributed by atoms with Gasteiger partial charge in [-0.1, -0.05) is 32.1 Å². The Kier molecular flexibility index (Phi) is 5.50. The topological polar surface area (TPSA) is 88.1 Å². The molecule has 1 fully saturated rings. The average Bonchev–Trinajstić information content (AvgIpc) is 2.62. The number of carbonyl (C=O) groups excluding carboxylic acids is 2. The molecule has 3 aliphatic rings. The van der Waals surface area contributed by atoms with Crippen LogP contribution in [-0.2, 0) is 16.2 Å². The number of ether oxygens (including phenoxy) is 1. The molecule has 0 unspecified atom stereocenters. The normalized spacial score (nSPS) is 25.2. The third-order valence-electron chi connectivity index (χ3n) is 5.29. The van der Waals surface area contributed by atoms with Gasteiger partial charge in [-0.05, 0) is 43.5 Å². The van der Waals surface area contributed by atoms with E-state index >= 15 is 0 Å². The third kappa shape index (κ3) is 3.91. The molecular weight excluding hydrogens is 360 g/mol. The lowest BCUT2D eigenvalue weighted by atomic mass is 9.67. The molecule has 1 saturated heterocycles. The first kappa shape index (κ1) is 20.4. The zero-order chi connectivity index (χ0) is 20.5. The molecule has 4 rings (SSSR count). The summed E-state index contributed by atoms with van der Waals surface area (Å²) in [7, 11) is 0. The molecule has 2 N–H and O–H groups in total. The van der Waals surface area contributed by atoms with Gasteiger partial charge in [-0.2, -0.15) is 5.06 Å². The van der Waals surface area contributed by atoms with Gasteiger partial charge >= 0.3 is 6.09 Å². The number of rotatable bonds is 5. The van der Waals surface area contributed by atoms with E-state index in [2.05, 4.69) is 25.2 Å². The van der Waals surface area contributed by atoms with E-state index in [4.69, 9.17) is 14.7 Å². The van der Waals surface area contributed by atoms with Crippen LogP contribution in [-0.4, -0.2) is 47.0 Å². The molecule has 2 heterocycles. The minimum absolute atomic E-state index is 0.0448. The summed E-state index contributed by atoms with van der Waals surface area (Å²) in [5, 5.41) is 12.7. The smallest absolute Gasteiger partial charge is 0.435 e. The highest BCUT2D eigenvalue weighted by molar-refractivity contribution is 5.94. The second kappa shape index (κ2) is 7.56. The van der Waals surface area contributed by atoms with Crippen molar-refractivity contribution in [3.63, 3.8) is 0 Å². The number of hydrogen-bond donors (Lipinski definition) is 2. The quantitative estimate of drug-likeness (QED) is 0.758. The molecule has 1 aromatic carbocycles. The summed E-state index contributed by atoms with van der Waals surface area (Å²) < 4.78 is 5.45. The van der Waals surface area contributed by atoms with Gasteiger partial charge in [0.05, 0.1) is 12.1 Å². The first-order chi connectivity index (χ1) is 13.2. The molecule has 1 aliphatic carbocycles. The zero-order valence-electron chi connectivity index (χ0n) is 16.8. The largest absolute Gasteiger partial charge is 0.443 e. The molecule has 7 heteroatoms. The van der Waals surface area contributed by atoms with Crippen LogP contribution in [0, 0.1) is 5.41 Å². The van der Waals surface area contributed by atoms with Gasteiger partial charge in [0, 0.05) is 17.5 Å². The van der Waals surface area contributed by atoms with Gasteiger partial charge in [0.1, 0.15) is 12.7 Å². The number of nitrogens with one attached hydrogen (secondary N) is 1. The van der Waals surface area contributed by atoms with E-state index < -0.39 is 11.6 Å². The Balaban J connectivity index is 1.60. The van der Waals surface area contributed by atoms with Gasteiger partial charge in [0.2, 0.25) is 0 Å². The summed E-state index contributed by atoms with van der Waals surface area (Å²) in [6.45, 7) is 8.49. The van der Waals surface area contributed by atoms with Crippen molar-refractivity contribution in [3.05, 3.63) is 47.0 Å². The van der Waals surface area contributed by atoms with Gasteiger partial charge in [0.15, 0.2) is 0 Å². The number of nitrogens with zero attached hydrogens (tertiary/aromatic N) is 1. The molecule has 0 radical (unpaired) electrons. The molecule has 2 amide bonds. The van der Waals surface area contributed by atoms with Crippen LogP contribution in [0.4, 0.5) is 4.79 Å². The van der Waals surface area contributed by atoms with Crippen molar-refractivity contribution in [2.45, 2.75) is 52.4 Å². The van der Waals surface area contributed by atoms with Crippen molar-refractivity contribution < 1.29 is 24.3 Å². The van der Waals surface area contributed by atoms with E-state index in [1.165, 1.54) is 5.06 Å². The van der Waals surface area contributed by atoms with Gasteiger partial charge in [0.25, 0.3) is 5.91 Å². The molecule has 7 nitrogen and oxygen atoms in total. The Morgan fingerprint density at radius 2 is 1.96 bits per heavy atom. The number of carbonyl (C=O) groups is 2. The maximum absolute atomic E-state index is 12.6. The van der Waals surface area contributed by atoms with Gasteiger partial charge < -0.3 is 15.2 Å². The van der Waals surface area contributed by atoms with Crippen LogP contribution >= 0.6 is 0 Å². The van der Waals surface area contributed by atoms with Crippen molar-refractivity contribution in [1.29, 1.82) is 0 Å². The first-order valence-corrected chi connectivity index (χ1v) is 9.47. The Morgan fingerprint density at radius 1 is 1.29 bits per heavy atom. The van der Waals surface area contributed by atoms with Crippen LogP contribution in [0.15, 0.2) is 35.9 Å². The summed E-state index contributed by atoms with van der Waals surface area (Å²) in [5.41, 5.74) is 1.81. The molecule has 28 heavy (non-hydrogen) atoms. The van der Waals surface area contributed by atoms with Crippen molar-refractivity contribution in [1.82, 2.24) is 10.4 Å². The zero-order valence-corrected chi connectivity index (χ0v) is 16.8. The SMILES string of the molecule is CC1=C[C@@]2(C)CC(C)(C)[C@@H]1ON2C(=O)OCc1ccc(C(=O)NCCO)cc1. The van der Waals surface area contributed by atoms with Crippen molar-refractivity contribution in [2.75, 3.05) is 13.2 Å². The summed E-state index contributed by atoms with van der Waals surface area (Å²) in [4.78, 5) is 30.4. The second-order valence-electron chi connectivity index (χ2n) is 8.42. The molecule has 0 saturated carbocycles. The number of aliphatic hydroxyl groups excluding tert-OH is 1. The van der Waals surface area contributed by atoms with Crippen LogP contribution in [0.5, 0.6) is 0 Å². The lowest BCUT2D eigenvalue weighted by Gasteiger charge is -2.55. The van der Waals surface area contributed by atoms with Crippen LogP contribution in [0.1, 0.15) is 50.0 Å². The maximum atomic E-state index is 12.6. The molecular formula is C21H28N2O5. The molecule has 2 atom stereocenters. The second-order valence-corrected chi connectivity index (χ2v) is 8.42. The number of hydrogen-bond acceptors (Lipinski definition) is 5. The lowest BCUT2D eigenvalue weighted by molar-refractivity contribution is -0.277. The highest BCUT2D eigenvalue weighted by atomic mass is 16.7. The summed E-state index contributed by atoms with van der Waals surface area (Å²) in [6, 6.07) is 6.79. The fourth-order valence-electron chi connectivity index (χ4n) is 4.31. The maximum Gasteiger partial charge on any atom is 0.435 e. The Labute approximate surface area is 165 Å². The minimum atomic E-state index is -0.534. The molecule has 0 spiro atoms. The van der Waals surface area contributed by atoms with E-state index in [1.54, 1.807) is 24.3 Å². The van der Waals surface area contributed by atoms with E-state index in [0.29, 0.717) is 5.56 Å². The molecule has 2 bridgehead atoms. The van der Waals surface area contributed by atoms with E-state index in [9.17, 15) is 9.59 Å². The standard InChI is InChI=1S/C21H28N2O5/c1-14-11-21(4)13-20(2,3)17(14)28-23(21)19(26)27-12-15-5-7-16(8-6-15)18(25)22-9-10-24/h5-8,11,17,24H,9-10,12-13H2,1-4H3,(H,22,25)/t17-,21+/m1/s1. The predicted octanol–water partition coefficient (Wildman–Crippen LogP) is 2.80. The highest BCUT2D eigenvalue weighted by Crippen LogP contribution is 2.50. The fraction of sp³-hybridized carbons (Fsp3) is 0.524. The van der Waals surface area contributed by atoms with Gasteiger partial charge in [-0.25, -0.2) is 4.79 Å². The number of fused-ring (bicyclic) bond motifs is 2. The van der Waals surface area contributed by atoms with Crippen molar-refractivity contribution >= 4 is 12.0 Å². The molecule has 2 aliphatic heterocycles. The number of benzene rings is 1. The van der Waals surface area contributed by atoms with E-state index in [1.807, 2.05) is 13.8 Å². The van der Waals surface area contributed by atoms with E-state index in [-0.39, 0.29) is 37.2 Å². The Bertz CT molecular complexity index is 786.